The summed E-state index contributed by atoms with van der Waals surface area (Å²) in [5, 5.41) is 6.08. The van der Waals surface area contributed by atoms with Crippen molar-refractivity contribution in [2.24, 2.45) is 11.8 Å². The molecule has 1 amide bonds. The predicted molar refractivity (Wildman–Crippen MR) is 86.0 cm³/mol. The Kier molecular flexibility index (Phi) is 6.48. The van der Waals surface area contributed by atoms with Crippen molar-refractivity contribution in [1.29, 1.82) is 0 Å². The molecule has 0 aromatic heterocycles. The van der Waals surface area contributed by atoms with Gasteiger partial charge >= 0.3 is 6.18 Å². The molecule has 1 aliphatic heterocycles. The SMILES string of the molecule is CC(CC(=O)Nc1ccc(OCC(F)(F)F)cc1)C1CCNCC1. The van der Waals surface area contributed by atoms with Crippen molar-refractivity contribution >= 4 is 11.6 Å². The lowest BCUT2D eigenvalue weighted by Crippen LogP contribution is -2.32. The maximum Gasteiger partial charge on any atom is 0.422 e. The monoisotopic (exact) mass is 344 g/mol. The summed E-state index contributed by atoms with van der Waals surface area (Å²) in [4.78, 5) is 12.1. The molecule has 7 heteroatoms. The number of alkyl halides is 3. The van der Waals surface area contributed by atoms with Crippen LogP contribution in [0.25, 0.3) is 0 Å². The minimum absolute atomic E-state index is 0.0787. The lowest BCUT2D eigenvalue weighted by atomic mass is 9.84. The molecule has 0 radical (unpaired) electrons. The van der Waals surface area contributed by atoms with Crippen LogP contribution < -0.4 is 15.4 Å². The van der Waals surface area contributed by atoms with Crippen molar-refractivity contribution in [3.63, 3.8) is 0 Å². The second-order valence-electron chi connectivity index (χ2n) is 6.25. The van der Waals surface area contributed by atoms with Crippen LogP contribution in [0.3, 0.4) is 0 Å². The largest absolute Gasteiger partial charge is 0.484 e. The highest BCUT2D eigenvalue weighted by Gasteiger charge is 2.28. The first-order valence-electron chi connectivity index (χ1n) is 8.13. The molecule has 0 bridgehead atoms. The molecule has 1 aromatic rings. The Morgan fingerprint density at radius 3 is 2.50 bits per heavy atom. The topological polar surface area (TPSA) is 50.4 Å². The van der Waals surface area contributed by atoms with Crippen molar-refractivity contribution in [3.8, 4) is 5.75 Å². The third kappa shape index (κ3) is 6.39. The van der Waals surface area contributed by atoms with E-state index in [4.69, 9.17) is 0 Å². The predicted octanol–water partition coefficient (Wildman–Crippen LogP) is 3.59. The number of nitrogens with one attached hydrogen (secondary N) is 2. The van der Waals surface area contributed by atoms with Gasteiger partial charge in [-0.05, 0) is 62.0 Å². The second kappa shape index (κ2) is 8.37. The fraction of sp³-hybridized carbons (Fsp3) is 0.588. The number of rotatable bonds is 6. The average molecular weight is 344 g/mol. The zero-order valence-corrected chi connectivity index (χ0v) is 13.7. The van der Waals surface area contributed by atoms with Gasteiger partial charge in [-0.1, -0.05) is 6.92 Å². The molecule has 2 rings (SSSR count). The second-order valence-corrected chi connectivity index (χ2v) is 6.25. The Balaban J connectivity index is 1.78. The summed E-state index contributed by atoms with van der Waals surface area (Å²) in [5.41, 5.74) is 0.553. The van der Waals surface area contributed by atoms with Crippen molar-refractivity contribution < 1.29 is 22.7 Å². The van der Waals surface area contributed by atoms with E-state index in [1.165, 1.54) is 12.1 Å². The first kappa shape index (κ1) is 18.6. The molecule has 1 aliphatic rings. The van der Waals surface area contributed by atoms with E-state index in [2.05, 4.69) is 22.3 Å². The molecule has 134 valence electrons. The summed E-state index contributed by atoms with van der Waals surface area (Å²) in [6.45, 7) is 2.75. The van der Waals surface area contributed by atoms with Gasteiger partial charge in [0.15, 0.2) is 6.61 Å². The van der Waals surface area contributed by atoms with Crippen LogP contribution in [0.2, 0.25) is 0 Å². The Morgan fingerprint density at radius 1 is 1.29 bits per heavy atom. The number of halogens is 3. The first-order valence-corrected chi connectivity index (χ1v) is 8.13. The van der Waals surface area contributed by atoms with Crippen LogP contribution in [0.5, 0.6) is 5.75 Å². The fourth-order valence-corrected chi connectivity index (χ4v) is 2.88. The lowest BCUT2D eigenvalue weighted by Gasteiger charge is -2.27. The van der Waals surface area contributed by atoms with Gasteiger partial charge in [-0.15, -0.1) is 0 Å². The van der Waals surface area contributed by atoms with Crippen molar-refractivity contribution in [1.82, 2.24) is 5.32 Å². The molecule has 24 heavy (non-hydrogen) atoms. The molecule has 1 saturated heterocycles. The Morgan fingerprint density at radius 2 is 1.92 bits per heavy atom. The van der Waals surface area contributed by atoms with Crippen LogP contribution in [-0.2, 0) is 4.79 Å². The third-order valence-electron chi connectivity index (χ3n) is 4.24. The number of benzene rings is 1. The van der Waals surface area contributed by atoms with E-state index in [1.807, 2.05) is 0 Å². The van der Waals surface area contributed by atoms with E-state index < -0.39 is 12.8 Å². The molecule has 1 unspecified atom stereocenters. The Hall–Kier alpha value is -1.76. The number of anilines is 1. The van der Waals surface area contributed by atoms with Gasteiger partial charge in [-0.2, -0.15) is 13.2 Å². The maximum atomic E-state index is 12.1. The number of hydrogen-bond donors (Lipinski definition) is 2. The first-order chi connectivity index (χ1) is 11.3. The summed E-state index contributed by atoms with van der Waals surface area (Å²) in [6, 6.07) is 5.91. The molecule has 1 heterocycles. The van der Waals surface area contributed by atoms with Gasteiger partial charge in [-0.25, -0.2) is 0 Å². The van der Waals surface area contributed by atoms with Crippen LogP contribution >= 0.6 is 0 Å². The Bertz CT molecular complexity index is 526. The number of hydrogen-bond acceptors (Lipinski definition) is 3. The molecule has 0 spiro atoms. The van der Waals surface area contributed by atoms with E-state index in [0.717, 1.165) is 25.9 Å². The van der Waals surface area contributed by atoms with Gasteiger partial charge in [0.25, 0.3) is 0 Å². The fourth-order valence-electron chi connectivity index (χ4n) is 2.88. The van der Waals surface area contributed by atoms with Crippen LogP contribution in [0.1, 0.15) is 26.2 Å². The molecule has 0 aliphatic carbocycles. The number of carbonyl (C=O) groups is 1. The number of amides is 1. The average Bonchev–Trinajstić information content (AvgIpc) is 2.54. The number of piperidine rings is 1. The molecule has 1 aromatic carbocycles. The Labute approximate surface area is 139 Å². The van der Waals surface area contributed by atoms with E-state index >= 15 is 0 Å². The van der Waals surface area contributed by atoms with E-state index in [-0.39, 0.29) is 11.7 Å². The van der Waals surface area contributed by atoms with Gasteiger partial charge in [-0.3, -0.25) is 4.79 Å². The highest BCUT2D eigenvalue weighted by Crippen LogP contribution is 2.25. The van der Waals surface area contributed by atoms with Crippen LogP contribution in [-0.4, -0.2) is 31.8 Å². The van der Waals surface area contributed by atoms with Crippen molar-refractivity contribution in [2.75, 3.05) is 25.0 Å². The molecule has 4 nitrogen and oxygen atoms in total. The maximum absolute atomic E-state index is 12.1. The zero-order valence-electron chi connectivity index (χ0n) is 13.7. The van der Waals surface area contributed by atoms with Crippen molar-refractivity contribution in [3.05, 3.63) is 24.3 Å². The van der Waals surface area contributed by atoms with Gasteiger partial charge in [0.1, 0.15) is 5.75 Å². The zero-order chi connectivity index (χ0) is 17.6. The van der Waals surface area contributed by atoms with Gasteiger partial charge < -0.3 is 15.4 Å². The van der Waals surface area contributed by atoms with Crippen LogP contribution in [0, 0.1) is 11.8 Å². The van der Waals surface area contributed by atoms with Gasteiger partial charge in [0, 0.05) is 12.1 Å². The van der Waals surface area contributed by atoms with Gasteiger partial charge in [0.2, 0.25) is 5.91 Å². The minimum Gasteiger partial charge on any atom is -0.484 e. The molecule has 1 fully saturated rings. The minimum atomic E-state index is -4.36. The van der Waals surface area contributed by atoms with Crippen LogP contribution in [0.4, 0.5) is 18.9 Å². The van der Waals surface area contributed by atoms with Crippen LogP contribution in [0.15, 0.2) is 24.3 Å². The summed E-state index contributed by atoms with van der Waals surface area (Å²) in [6.07, 6.45) is -1.76. The smallest absolute Gasteiger partial charge is 0.422 e. The van der Waals surface area contributed by atoms with Crippen molar-refractivity contribution in [2.45, 2.75) is 32.4 Å². The van der Waals surface area contributed by atoms with Gasteiger partial charge in [0.05, 0.1) is 0 Å². The summed E-state index contributed by atoms with van der Waals surface area (Å²) in [7, 11) is 0. The molecule has 0 saturated carbocycles. The van der Waals surface area contributed by atoms with E-state index in [0.29, 0.717) is 23.9 Å². The lowest BCUT2D eigenvalue weighted by molar-refractivity contribution is -0.153. The summed E-state index contributed by atoms with van der Waals surface area (Å²) >= 11 is 0. The molecule has 2 N–H and O–H groups in total. The molecular weight excluding hydrogens is 321 g/mol. The third-order valence-corrected chi connectivity index (χ3v) is 4.24. The van der Waals surface area contributed by atoms with E-state index in [9.17, 15) is 18.0 Å². The normalized spacial score (nSPS) is 17.3. The van der Waals surface area contributed by atoms with E-state index in [1.54, 1.807) is 12.1 Å². The molecule has 1 atom stereocenters. The highest BCUT2D eigenvalue weighted by atomic mass is 19.4. The quantitative estimate of drug-likeness (QED) is 0.829. The summed E-state index contributed by atoms with van der Waals surface area (Å²) < 4.78 is 40.9. The standard InChI is InChI=1S/C17H23F3N2O2/c1-12(13-6-8-21-9-7-13)10-16(23)22-14-2-4-15(5-3-14)24-11-17(18,19)20/h2-5,12-13,21H,6-11H2,1H3,(H,22,23). The summed E-state index contributed by atoms with van der Waals surface area (Å²) in [5.74, 6) is 0.898. The highest BCUT2D eigenvalue weighted by molar-refractivity contribution is 5.90. The molecular formula is C17H23F3N2O2. The number of carbonyl (C=O) groups excluding carboxylic acids is 1. The number of ether oxygens (including phenoxy) is 1.